The minimum Gasteiger partial charge on any atom is -0.0654 e. The van der Waals surface area contributed by atoms with Gasteiger partial charge in [-0.3, -0.25) is 0 Å². The molecule has 0 saturated heterocycles. The fraction of sp³-hybridized carbons (Fsp3) is 0.615. The number of rotatable bonds is 14. The molecule has 2 rings (SSSR count). The van der Waals surface area contributed by atoms with Gasteiger partial charge in [-0.1, -0.05) is 90.9 Å². The van der Waals surface area contributed by atoms with Crippen LogP contribution in [0, 0.1) is 63.2 Å². The zero-order chi connectivity index (χ0) is 18.7. The average Bonchev–Trinajstić information content (AvgIpc) is 3.35. The Morgan fingerprint density at radius 1 is 0.444 bits per heavy atom. The van der Waals surface area contributed by atoms with Crippen LogP contribution in [0.25, 0.3) is 0 Å². The summed E-state index contributed by atoms with van der Waals surface area (Å²) in [7, 11) is 0. The summed E-state index contributed by atoms with van der Waals surface area (Å²) in [5.74, 6) is 3.02. The van der Waals surface area contributed by atoms with Gasteiger partial charge in [-0.05, 0) is 76.0 Å². The average molecular weight is 410 g/mol. The van der Waals surface area contributed by atoms with Crippen LogP contribution in [0.4, 0.5) is 0 Å². The van der Waals surface area contributed by atoms with Crippen molar-refractivity contribution >= 4 is 0 Å². The van der Waals surface area contributed by atoms with Crippen LogP contribution >= 0.6 is 0 Å². The van der Waals surface area contributed by atoms with Crippen molar-refractivity contribution in [2.24, 2.45) is 0 Å². The topological polar surface area (TPSA) is 0 Å². The zero-order valence-electron chi connectivity index (χ0n) is 17.9. The Morgan fingerprint density at radius 2 is 0.741 bits per heavy atom. The van der Waals surface area contributed by atoms with E-state index in [0.717, 1.165) is 0 Å². The summed E-state index contributed by atoms with van der Waals surface area (Å²) < 4.78 is 0. The van der Waals surface area contributed by atoms with Gasteiger partial charge in [0.2, 0.25) is 0 Å². The third-order valence-corrected chi connectivity index (χ3v) is 5.10. The van der Waals surface area contributed by atoms with E-state index in [2.05, 4.69) is 65.2 Å². The third-order valence-electron chi connectivity index (χ3n) is 5.10. The molecule has 0 aromatic heterocycles. The van der Waals surface area contributed by atoms with Crippen molar-refractivity contribution in [3.8, 4) is 0 Å². The number of unbranched alkanes of at least 4 members (excludes halogenated alkanes) is 10. The van der Waals surface area contributed by atoms with Crippen LogP contribution in [-0.2, 0) is 17.1 Å². The standard InChI is InChI=1S/2C13H21.Fe/c2*1-2-3-4-5-6-7-10-13-11-8-9-12-13;/h2*8-9,11-12H,2-7,10H2,1H3;/q;;+2. The molecule has 2 aliphatic rings. The van der Waals surface area contributed by atoms with Gasteiger partial charge in [0.25, 0.3) is 0 Å². The molecule has 0 unspecified atom stereocenters. The Morgan fingerprint density at radius 3 is 1.07 bits per heavy atom. The summed E-state index contributed by atoms with van der Waals surface area (Å²) in [5.41, 5.74) is 0. The third kappa shape index (κ3) is 17.1. The van der Waals surface area contributed by atoms with E-state index >= 15 is 0 Å². The van der Waals surface area contributed by atoms with E-state index in [0.29, 0.717) is 0 Å². The maximum absolute atomic E-state index is 2.27. The molecular weight excluding hydrogens is 368 g/mol. The summed E-state index contributed by atoms with van der Waals surface area (Å²) in [5, 5.41) is 0. The van der Waals surface area contributed by atoms with Gasteiger partial charge in [0.1, 0.15) is 0 Å². The van der Waals surface area contributed by atoms with Crippen molar-refractivity contribution in [3.63, 3.8) is 0 Å². The Kier molecular flexibility index (Phi) is 21.6. The molecule has 0 aliphatic heterocycles. The summed E-state index contributed by atoms with van der Waals surface area (Å²) in [6, 6.07) is 0. The van der Waals surface area contributed by atoms with Crippen LogP contribution < -0.4 is 0 Å². The van der Waals surface area contributed by atoms with Gasteiger partial charge in [-0.2, -0.15) is 0 Å². The maximum atomic E-state index is 2.27. The van der Waals surface area contributed by atoms with Crippen LogP contribution in [-0.4, -0.2) is 0 Å². The second-order valence-corrected chi connectivity index (χ2v) is 7.62. The van der Waals surface area contributed by atoms with Gasteiger partial charge in [0, 0.05) is 0 Å². The Hall–Kier alpha value is 0.519. The number of hydrogen-bond acceptors (Lipinski definition) is 0. The van der Waals surface area contributed by atoms with Crippen molar-refractivity contribution in [3.05, 3.63) is 63.2 Å². The van der Waals surface area contributed by atoms with Crippen molar-refractivity contribution < 1.29 is 17.1 Å². The number of hydrogen-bond donors (Lipinski definition) is 0. The first kappa shape index (κ1) is 27.5. The molecule has 2 saturated carbocycles. The SMILES string of the molecule is CCCCCCCC[C]1[CH][CH][CH][CH]1.CCCCCCCC[C]1[CH][CH][CH][CH]1.[Fe+2]. The summed E-state index contributed by atoms with van der Waals surface area (Å²) in [6.07, 6.45) is 36.8. The molecule has 1 heteroatoms. The van der Waals surface area contributed by atoms with E-state index in [1.54, 1.807) is 0 Å². The largest absolute Gasteiger partial charge is 2.00 e. The van der Waals surface area contributed by atoms with Gasteiger partial charge < -0.3 is 0 Å². The Labute approximate surface area is 183 Å². The first-order valence-corrected chi connectivity index (χ1v) is 11.3. The van der Waals surface area contributed by atoms with Crippen LogP contribution in [0.5, 0.6) is 0 Å². The van der Waals surface area contributed by atoms with Crippen molar-refractivity contribution in [1.82, 2.24) is 0 Å². The molecule has 0 amide bonds. The smallest absolute Gasteiger partial charge is 0.0654 e. The van der Waals surface area contributed by atoms with Gasteiger partial charge in [0.05, 0.1) is 0 Å². The molecular formula is C26H42Fe+2. The summed E-state index contributed by atoms with van der Waals surface area (Å²) >= 11 is 0. The molecule has 10 radical (unpaired) electrons. The van der Waals surface area contributed by atoms with Crippen molar-refractivity contribution in [1.29, 1.82) is 0 Å². The minimum atomic E-state index is 0. The second-order valence-electron chi connectivity index (χ2n) is 7.62. The quantitative estimate of drug-likeness (QED) is 0.200. The van der Waals surface area contributed by atoms with E-state index in [1.807, 2.05) is 0 Å². The summed E-state index contributed by atoms with van der Waals surface area (Å²) in [6.45, 7) is 4.54. The second kappa shape index (κ2) is 21.2. The van der Waals surface area contributed by atoms with E-state index < -0.39 is 0 Å². The van der Waals surface area contributed by atoms with Crippen LogP contribution in [0.15, 0.2) is 0 Å². The van der Waals surface area contributed by atoms with Gasteiger partial charge in [-0.15, -0.1) is 0 Å². The van der Waals surface area contributed by atoms with E-state index in [4.69, 9.17) is 0 Å². The molecule has 2 aliphatic carbocycles. The normalized spacial score (nSPS) is 17.6. The van der Waals surface area contributed by atoms with Crippen molar-refractivity contribution in [2.45, 2.75) is 104 Å². The minimum absolute atomic E-state index is 0. The van der Waals surface area contributed by atoms with Crippen LogP contribution in [0.2, 0.25) is 0 Å². The zero-order valence-corrected chi connectivity index (χ0v) is 19.0. The molecule has 27 heavy (non-hydrogen) atoms. The summed E-state index contributed by atoms with van der Waals surface area (Å²) in [4.78, 5) is 0. The van der Waals surface area contributed by atoms with Gasteiger partial charge in [0.15, 0.2) is 0 Å². The van der Waals surface area contributed by atoms with E-state index in [9.17, 15) is 0 Å². The Balaban J connectivity index is 0.000000483. The van der Waals surface area contributed by atoms with Crippen molar-refractivity contribution in [2.75, 3.05) is 0 Å². The fourth-order valence-electron chi connectivity index (χ4n) is 3.38. The van der Waals surface area contributed by atoms with Crippen LogP contribution in [0.3, 0.4) is 0 Å². The molecule has 0 N–H and O–H groups in total. The molecule has 0 nitrogen and oxygen atoms in total. The predicted molar refractivity (Wildman–Crippen MR) is 117 cm³/mol. The molecule has 0 heterocycles. The predicted octanol–water partition coefficient (Wildman–Crippen LogP) is 8.28. The molecule has 0 atom stereocenters. The first-order chi connectivity index (χ1) is 12.9. The molecule has 0 aromatic carbocycles. The molecule has 0 aromatic rings. The molecule has 152 valence electrons. The van der Waals surface area contributed by atoms with E-state index in [1.165, 1.54) is 102 Å². The van der Waals surface area contributed by atoms with Gasteiger partial charge in [-0.25, -0.2) is 0 Å². The monoisotopic (exact) mass is 410 g/mol. The van der Waals surface area contributed by atoms with Gasteiger partial charge >= 0.3 is 17.1 Å². The molecule has 0 spiro atoms. The maximum Gasteiger partial charge on any atom is 2.00 e. The molecule has 0 bridgehead atoms. The first-order valence-electron chi connectivity index (χ1n) is 11.3. The van der Waals surface area contributed by atoms with E-state index in [-0.39, 0.29) is 17.1 Å². The fourth-order valence-corrected chi connectivity index (χ4v) is 3.38. The van der Waals surface area contributed by atoms with Crippen LogP contribution in [0.1, 0.15) is 104 Å². The Bertz CT molecular complexity index is 235. The molecule has 2 fully saturated rings.